The molecule has 5 heteroatoms. The number of thiophene rings is 1. The molecule has 0 saturated carbocycles. The summed E-state index contributed by atoms with van der Waals surface area (Å²) in [6.07, 6.45) is 1.96. The molecule has 0 bridgehead atoms. The maximum absolute atomic E-state index is 5.88. The highest BCUT2D eigenvalue weighted by Crippen LogP contribution is 2.26. The summed E-state index contributed by atoms with van der Waals surface area (Å²) in [5, 5.41) is 11.6. The van der Waals surface area contributed by atoms with Crippen LogP contribution in [0.15, 0.2) is 29.6 Å². The highest BCUT2D eigenvalue weighted by molar-refractivity contribution is 7.17. The van der Waals surface area contributed by atoms with Crippen LogP contribution in [0.3, 0.4) is 0 Å². The van der Waals surface area contributed by atoms with Crippen LogP contribution in [-0.4, -0.2) is 15.0 Å². The van der Waals surface area contributed by atoms with Crippen molar-refractivity contribution >= 4 is 27.2 Å². The molecule has 19 heavy (non-hydrogen) atoms. The van der Waals surface area contributed by atoms with Crippen LogP contribution in [0.2, 0.25) is 0 Å². The number of hydrogen-bond donors (Lipinski definition) is 1. The fourth-order valence-corrected chi connectivity index (χ4v) is 3.24. The van der Waals surface area contributed by atoms with Gasteiger partial charge < -0.3 is 5.73 Å². The summed E-state index contributed by atoms with van der Waals surface area (Å²) < 4.78 is 3.23. The fourth-order valence-electron chi connectivity index (χ4n) is 2.28. The Hall–Kier alpha value is -1.88. The lowest BCUT2D eigenvalue weighted by molar-refractivity contribution is 0.616. The summed E-state index contributed by atoms with van der Waals surface area (Å²) >= 11 is 1.77. The van der Waals surface area contributed by atoms with Crippen LogP contribution in [0.4, 0.5) is 5.82 Å². The number of nitrogens with zero attached hydrogens (tertiary/aromatic N) is 3. The predicted octanol–water partition coefficient (Wildman–Crippen LogP) is 3.08. The Morgan fingerprint density at radius 3 is 3.00 bits per heavy atom. The van der Waals surface area contributed by atoms with Gasteiger partial charge in [-0.05, 0) is 28.8 Å². The average molecular weight is 272 g/mol. The molecule has 0 aliphatic heterocycles. The van der Waals surface area contributed by atoms with Gasteiger partial charge in [-0.1, -0.05) is 36.8 Å². The summed E-state index contributed by atoms with van der Waals surface area (Å²) in [7, 11) is 0. The zero-order chi connectivity index (χ0) is 13.2. The Kier molecular flexibility index (Phi) is 3.21. The first-order valence-corrected chi connectivity index (χ1v) is 7.30. The number of anilines is 1. The van der Waals surface area contributed by atoms with Crippen molar-refractivity contribution in [1.29, 1.82) is 0 Å². The first-order chi connectivity index (χ1) is 9.29. The monoisotopic (exact) mass is 272 g/mol. The highest BCUT2D eigenvalue weighted by atomic mass is 32.1. The van der Waals surface area contributed by atoms with Gasteiger partial charge in [0.1, 0.15) is 0 Å². The quantitative estimate of drug-likeness (QED) is 0.794. The van der Waals surface area contributed by atoms with E-state index in [1.807, 2.05) is 4.68 Å². The van der Waals surface area contributed by atoms with Crippen LogP contribution in [0, 0.1) is 0 Å². The fraction of sp³-hybridized carbons (Fsp3) is 0.286. The van der Waals surface area contributed by atoms with Crippen LogP contribution in [0.1, 0.15) is 24.6 Å². The van der Waals surface area contributed by atoms with Gasteiger partial charge in [0.25, 0.3) is 0 Å². The number of rotatable bonds is 4. The number of aromatic nitrogens is 3. The van der Waals surface area contributed by atoms with E-state index in [1.165, 1.54) is 15.6 Å². The Morgan fingerprint density at radius 2 is 2.16 bits per heavy atom. The molecule has 0 atom stereocenters. The first kappa shape index (κ1) is 12.2. The highest BCUT2D eigenvalue weighted by Gasteiger charge is 2.11. The zero-order valence-corrected chi connectivity index (χ0v) is 11.7. The number of fused-ring (bicyclic) bond motifs is 1. The van der Waals surface area contributed by atoms with Gasteiger partial charge in [-0.3, -0.25) is 0 Å². The third-order valence-electron chi connectivity index (χ3n) is 3.24. The summed E-state index contributed by atoms with van der Waals surface area (Å²) in [5.41, 5.74) is 8.20. The predicted molar refractivity (Wildman–Crippen MR) is 79.4 cm³/mol. The second kappa shape index (κ2) is 5.01. The van der Waals surface area contributed by atoms with Crippen LogP contribution in [0.5, 0.6) is 0 Å². The van der Waals surface area contributed by atoms with Gasteiger partial charge in [0.2, 0.25) is 0 Å². The molecule has 0 amide bonds. The molecule has 0 radical (unpaired) electrons. The van der Waals surface area contributed by atoms with E-state index < -0.39 is 0 Å². The molecule has 2 N–H and O–H groups in total. The molecule has 0 saturated heterocycles. The average Bonchev–Trinajstić information content (AvgIpc) is 2.98. The Bertz CT molecular complexity index is 698. The van der Waals surface area contributed by atoms with Gasteiger partial charge in [-0.15, -0.1) is 16.4 Å². The second-order valence-corrected chi connectivity index (χ2v) is 5.50. The van der Waals surface area contributed by atoms with Gasteiger partial charge in [0, 0.05) is 4.70 Å². The van der Waals surface area contributed by atoms with Crippen LogP contribution in [-0.2, 0) is 13.0 Å². The number of hydrogen-bond acceptors (Lipinski definition) is 4. The van der Waals surface area contributed by atoms with E-state index in [4.69, 9.17) is 5.73 Å². The Balaban J connectivity index is 1.97. The van der Waals surface area contributed by atoms with Gasteiger partial charge in [-0.2, -0.15) is 0 Å². The molecule has 0 unspecified atom stereocenters. The van der Waals surface area contributed by atoms with Crippen molar-refractivity contribution in [2.24, 2.45) is 0 Å². The van der Waals surface area contributed by atoms with E-state index in [9.17, 15) is 0 Å². The summed E-state index contributed by atoms with van der Waals surface area (Å²) in [5.74, 6) is 0.557. The van der Waals surface area contributed by atoms with Crippen molar-refractivity contribution < 1.29 is 0 Å². The molecular formula is C14H16N4S. The SMILES string of the molecule is CCCc1c(N)nnn1Cc1csc2ccccc12. The molecule has 3 aromatic rings. The minimum atomic E-state index is 0.557. The van der Waals surface area contributed by atoms with Gasteiger partial charge in [0.05, 0.1) is 12.2 Å². The van der Waals surface area contributed by atoms with E-state index in [2.05, 4.69) is 46.9 Å². The Labute approximate surface area is 115 Å². The Morgan fingerprint density at radius 1 is 1.32 bits per heavy atom. The van der Waals surface area contributed by atoms with Crippen molar-refractivity contribution in [3.05, 3.63) is 40.9 Å². The van der Waals surface area contributed by atoms with Gasteiger partial charge in [-0.25, -0.2) is 4.68 Å². The molecule has 0 spiro atoms. The molecule has 0 aliphatic rings. The lowest BCUT2D eigenvalue weighted by Gasteiger charge is -2.05. The van der Waals surface area contributed by atoms with Crippen LogP contribution >= 0.6 is 11.3 Å². The maximum atomic E-state index is 5.88. The van der Waals surface area contributed by atoms with E-state index in [0.717, 1.165) is 25.1 Å². The first-order valence-electron chi connectivity index (χ1n) is 6.42. The zero-order valence-electron chi connectivity index (χ0n) is 10.8. The van der Waals surface area contributed by atoms with Crippen LogP contribution < -0.4 is 5.73 Å². The molecule has 0 fully saturated rings. The smallest absolute Gasteiger partial charge is 0.169 e. The van der Waals surface area contributed by atoms with Gasteiger partial charge >= 0.3 is 0 Å². The lowest BCUT2D eigenvalue weighted by atomic mass is 10.1. The molecule has 4 nitrogen and oxygen atoms in total. The third-order valence-corrected chi connectivity index (χ3v) is 4.25. The molecule has 2 heterocycles. The van der Waals surface area contributed by atoms with Crippen molar-refractivity contribution in [3.63, 3.8) is 0 Å². The van der Waals surface area contributed by atoms with Gasteiger partial charge in [0.15, 0.2) is 5.82 Å². The van der Waals surface area contributed by atoms with Crippen LogP contribution in [0.25, 0.3) is 10.1 Å². The maximum Gasteiger partial charge on any atom is 0.169 e. The summed E-state index contributed by atoms with van der Waals surface area (Å²) in [4.78, 5) is 0. The molecule has 98 valence electrons. The van der Waals surface area contributed by atoms with E-state index >= 15 is 0 Å². The molecular weight excluding hydrogens is 256 g/mol. The summed E-state index contributed by atoms with van der Waals surface area (Å²) in [6.45, 7) is 2.88. The van der Waals surface area contributed by atoms with Crippen molar-refractivity contribution in [2.75, 3.05) is 5.73 Å². The third kappa shape index (κ3) is 2.21. The van der Waals surface area contributed by atoms with E-state index in [1.54, 1.807) is 11.3 Å². The molecule has 0 aliphatic carbocycles. The number of nitrogen functional groups attached to an aromatic ring is 1. The minimum Gasteiger partial charge on any atom is -0.381 e. The molecule has 3 rings (SSSR count). The largest absolute Gasteiger partial charge is 0.381 e. The van der Waals surface area contributed by atoms with Crippen molar-refractivity contribution in [2.45, 2.75) is 26.3 Å². The van der Waals surface area contributed by atoms with E-state index in [-0.39, 0.29) is 0 Å². The van der Waals surface area contributed by atoms with Crippen molar-refractivity contribution in [1.82, 2.24) is 15.0 Å². The number of nitrogens with two attached hydrogens (primary N) is 1. The summed E-state index contributed by atoms with van der Waals surface area (Å²) in [6, 6.07) is 8.44. The molecule has 2 aromatic heterocycles. The minimum absolute atomic E-state index is 0.557. The topological polar surface area (TPSA) is 56.7 Å². The van der Waals surface area contributed by atoms with E-state index in [0.29, 0.717) is 5.82 Å². The van der Waals surface area contributed by atoms with Crippen molar-refractivity contribution in [3.8, 4) is 0 Å². The normalized spacial score (nSPS) is 11.2. The molecule has 1 aromatic carbocycles. The second-order valence-electron chi connectivity index (χ2n) is 4.59. The lowest BCUT2D eigenvalue weighted by Crippen LogP contribution is -2.07. The standard InChI is InChI=1S/C14H16N4S/c1-2-5-12-14(15)16-17-18(12)8-10-9-19-13-7-4-3-6-11(10)13/h3-4,6-7,9H,2,5,8,15H2,1H3. The number of benzene rings is 1.